The summed E-state index contributed by atoms with van der Waals surface area (Å²) in [6, 6.07) is 5.73. The second kappa shape index (κ2) is 24.4. The predicted octanol–water partition coefficient (Wildman–Crippen LogP) is -4.04. The van der Waals surface area contributed by atoms with E-state index in [0.717, 1.165) is 36.4 Å². The van der Waals surface area contributed by atoms with Crippen molar-refractivity contribution in [2.75, 3.05) is 117 Å². The van der Waals surface area contributed by atoms with Crippen LogP contribution in [0.4, 0.5) is 47.1 Å². The molecule has 1 saturated heterocycles. The number of rotatable bonds is 30. The molecule has 0 saturated carbocycles. The van der Waals surface area contributed by atoms with Gasteiger partial charge in [-0.15, -0.1) is 9.97 Å². The molecule has 16 N–H and O–H groups in total. The standard InChI is InChI=1S/C38H54N12O20S4/c51-11-9-49(17-25(19-53)28(57)20-54)36-45-32(39-7-13-71(59,60)61)43-34(46-36)41-26-5-3-23(29(15-26)73(65,66)67)1-2-24-4-6-27(16-30(24)74(68,69)70)42-35-44-33(40-8-14-72(62,63)64)47-37(48-35)50(10-12-52)18-31(50)38(58,21-55)22-56/h1-6,15-16,25,28,31,51-58H,7-14,17-22H2,(H7-,39,40,41,42,43,44,45,46,47,48,59,60,61,62,63,64,65,66,67,68,69,70)/p+1. The molecule has 0 spiro atoms. The minimum atomic E-state index is -5.11. The van der Waals surface area contributed by atoms with E-state index >= 15 is 0 Å². The summed E-state index contributed by atoms with van der Waals surface area (Å²) >= 11 is 0. The molecule has 1 aliphatic heterocycles. The predicted molar refractivity (Wildman–Crippen MR) is 262 cm³/mol. The summed E-state index contributed by atoms with van der Waals surface area (Å²) in [6.07, 6.45) is 0.722. The van der Waals surface area contributed by atoms with E-state index in [1.165, 1.54) is 17.0 Å². The maximum atomic E-state index is 12.8. The van der Waals surface area contributed by atoms with E-state index in [1.807, 2.05) is 0 Å². The summed E-state index contributed by atoms with van der Waals surface area (Å²) in [5.41, 5.74) is -2.79. The summed E-state index contributed by atoms with van der Waals surface area (Å²) in [5, 5.41) is 90.5. The third-order valence-electron chi connectivity index (χ3n) is 11.2. The van der Waals surface area contributed by atoms with E-state index < -0.39 is 143 Å². The molecular weight excluding hydrogens is 1070 g/mol. The summed E-state index contributed by atoms with van der Waals surface area (Å²) in [6.45, 7) is -5.68. The zero-order valence-electron chi connectivity index (χ0n) is 38.6. The molecule has 74 heavy (non-hydrogen) atoms. The van der Waals surface area contributed by atoms with Crippen molar-refractivity contribution in [1.82, 2.24) is 34.4 Å². The fourth-order valence-electron chi connectivity index (χ4n) is 7.33. The lowest BCUT2D eigenvalue weighted by molar-refractivity contribution is -0.0629. The number of anilines is 7. The molecule has 4 aromatic rings. The van der Waals surface area contributed by atoms with Gasteiger partial charge in [0.15, 0.2) is 11.6 Å². The van der Waals surface area contributed by atoms with Crippen LogP contribution in [0, 0.1) is 5.92 Å². The molecule has 4 atom stereocenters. The lowest BCUT2D eigenvalue weighted by Crippen LogP contribution is -2.50. The normalized spacial score (nSPS) is 17.2. The van der Waals surface area contributed by atoms with Gasteiger partial charge in [0.2, 0.25) is 29.7 Å². The molecule has 5 rings (SSSR count). The highest BCUT2D eigenvalue weighted by Gasteiger charge is 2.68. The van der Waals surface area contributed by atoms with Gasteiger partial charge in [0.25, 0.3) is 40.5 Å². The van der Waals surface area contributed by atoms with Crippen molar-refractivity contribution in [3.63, 3.8) is 0 Å². The van der Waals surface area contributed by atoms with Crippen molar-refractivity contribution in [2.24, 2.45) is 5.92 Å². The van der Waals surface area contributed by atoms with E-state index in [2.05, 4.69) is 51.2 Å². The lowest BCUT2D eigenvalue weighted by Gasteiger charge is -2.28. The maximum absolute atomic E-state index is 12.8. The van der Waals surface area contributed by atoms with Crippen LogP contribution in [-0.2, 0) is 40.5 Å². The van der Waals surface area contributed by atoms with Gasteiger partial charge in [-0.2, -0.15) is 53.6 Å². The number of quaternary nitrogens is 1. The molecule has 1 aliphatic rings. The van der Waals surface area contributed by atoms with Gasteiger partial charge in [0.1, 0.15) is 22.9 Å². The highest BCUT2D eigenvalue weighted by Crippen LogP contribution is 2.42. The van der Waals surface area contributed by atoms with Gasteiger partial charge in [0.05, 0.1) is 57.3 Å². The Labute approximate surface area is 422 Å². The van der Waals surface area contributed by atoms with Crippen LogP contribution in [0.2, 0.25) is 0 Å². The third kappa shape index (κ3) is 16.0. The maximum Gasteiger partial charge on any atom is 0.336 e. The van der Waals surface area contributed by atoms with Crippen molar-refractivity contribution < 1.29 is 92.7 Å². The summed E-state index contributed by atoms with van der Waals surface area (Å²) in [7, 11) is -19.1. The lowest BCUT2D eigenvalue weighted by atomic mass is 10.0. The van der Waals surface area contributed by atoms with Crippen LogP contribution in [0.25, 0.3) is 12.2 Å². The number of hydrogen-bond donors (Lipinski definition) is 16. The molecule has 0 aliphatic carbocycles. The molecule has 0 radical (unpaired) electrons. The second-order valence-electron chi connectivity index (χ2n) is 16.5. The molecule has 2 aromatic carbocycles. The molecule has 1 fully saturated rings. The van der Waals surface area contributed by atoms with Gasteiger partial charge in [0, 0.05) is 43.5 Å². The molecule has 410 valence electrons. The minimum Gasteiger partial charge on any atom is -0.396 e. The van der Waals surface area contributed by atoms with E-state index in [4.69, 9.17) is 0 Å². The van der Waals surface area contributed by atoms with Crippen molar-refractivity contribution in [3.8, 4) is 0 Å². The summed E-state index contributed by atoms with van der Waals surface area (Å²) in [4.78, 5) is 25.1. The molecule has 0 bridgehead atoms. The van der Waals surface area contributed by atoms with Gasteiger partial charge >= 0.3 is 5.95 Å². The first-order chi connectivity index (χ1) is 34.6. The van der Waals surface area contributed by atoms with Gasteiger partial charge in [-0.25, -0.2) is 4.48 Å². The van der Waals surface area contributed by atoms with Gasteiger partial charge in [-0.3, -0.25) is 18.2 Å². The average molecular weight is 1130 g/mol. The van der Waals surface area contributed by atoms with Crippen LogP contribution in [0.3, 0.4) is 0 Å². The molecule has 32 nitrogen and oxygen atoms in total. The number of hydrogen-bond acceptors (Lipinski definition) is 27. The first-order valence-electron chi connectivity index (χ1n) is 21.6. The zero-order chi connectivity index (χ0) is 54.9. The van der Waals surface area contributed by atoms with Gasteiger partial charge in [-0.05, 0) is 35.4 Å². The Kier molecular flexibility index (Phi) is 19.6. The number of nitrogens with zero attached hydrogens (tertiary/aromatic N) is 8. The van der Waals surface area contributed by atoms with Crippen LogP contribution in [0.5, 0.6) is 0 Å². The highest BCUT2D eigenvalue weighted by molar-refractivity contribution is 7.86. The number of benzene rings is 2. The first kappa shape index (κ1) is 59.4. The van der Waals surface area contributed by atoms with E-state index in [0.29, 0.717) is 0 Å². The average Bonchev–Trinajstić information content (AvgIpc) is 4.06. The van der Waals surface area contributed by atoms with Crippen molar-refractivity contribution in [3.05, 3.63) is 47.5 Å². The summed E-state index contributed by atoms with van der Waals surface area (Å²) < 4.78 is 135. The Hall–Kier alpha value is -5.52. The first-order valence-corrected chi connectivity index (χ1v) is 27.7. The molecule has 36 heteroatoms. The van der Waals surface area contributed by atoms with Crippen LogP contribution in [0.1, 0.15) is 11.1 Å². The van der Waals surface area contributed by atoms with Crippen LogP contribution >= 0.6 is 0 Å². The number of aliphatic hydroxyl groups excluding tert-OH is 7. The number of aromatic nitrogens is 6. The monoisotopic (exact) mass is 1130 g/mol. The van der Waals surface area contributed by atoms with Crippen molar-refractivity contribution in [1.29, 1.82) is 0 Å². The fraction of sp³-hybridized carbons (Fsp3) is 0.474. The molecule has 2 aromatic heterocycles. The third-order valence-corrected chi connectivity index (χ3v) is 14.4. The molecule has 4 unspecified atom stereocenters. The SMILES string of the molecule is O=S(=O)(O)CCNc1nc(Nc2ccc(C=Cc3ccc(Nc4nc(NCCS(=O)(=O)O)nc([N+]5(CCO)CC5C(O)(CO)CO)n4)cc3S(=O)(=O)O)c(S(=O)(=O)O)c2)nc(N(CCO)CC(CO)C(O)CO)n1. The Morgan fingerprint density at radius 1 is 0.662 bits per heavy atom. The zero-order valence-corrected chi connectivity index (χ0v) is 41.9. The topological polar surface area (TPSA) is 508 Å². The summed E-state index contributed by atoms with van der Waals surface area (Å²) in [5.74, 6) is -4.36. The fourth-order valence-corrected chi connectivity index (χ4v) is 9.47. The van der Waals surface area contributed by atoms with E-state index in [-0.39, 0.29) is 84.4 Å². The quantitative estimate of drug-likeness (QED) is 0.0102. The van der Waals surface area contributed by atoms with Gasteiger partial charge in [-0.1, -0.05) is 24.3 Å². The van der Waals surface area contributed by atoms with Crippen LogP contribution in [0.15, 0.2) is 46.2 Å². The second-order valence-corrected chi connectivity index (χ2v) is 22.4. The van der Waals surface area contributed by atoms with Crippen LogP contribution < -0.4 is 30.7 Å². The van der Waals surface area contributed by atoms with E-state index in [1.54, 1.807) is 0 Å². The van der Waals surface area contributed by atoms with Crippen LogP contribution in [-0.4, -0.2) is 231 Å². The Bertz CT molecular complexity index is 3100. The Balaban J connectivity index is 1.50. The van der Waals surface area contributed by atoms with Gasteiger partial charge < -0.3 is 67.0 Å². The van der Waals surface area contributed by atoms with Crippen molar-refractivity contribution >= 4 is 99.7 Å². The largest absolute Gasteiger partial charge is 0.396 e. The van der Waals surface area contributed by atoms with Crippen molar-refractivity contribution in [2.45, 2.75) is 27.5 Å². The van der Waals surface area contributed by atoms with E-state index in [9.17, 15) is 92.7 Å². The Morgan fingerprint density at radius 3 is 1.57 bits per heavy atom. The molecule has 0 amide bonds. The Morgan fingerprint density at radius 2 is 1.14 bits per heavy atom. The minimum absolute atomic E-state index is 0.0144. The number of aliphatic hydroxyl groups is 8. The smallest absolute Gasteiger partial charge is 0.336 e. The number of nitrogens with one attached hydrogen (secondary N) is 4. The molecular formula is C38H55N12O20S4+. The molecule has 3 heterocycles. The highest BCUT2D eigenvalue weighted by atomic mass is 32.2.